The third kappa shape index (κ3) is 4.74. The lowest BCUT2D eigenvalue weighted by Crippen LogP contribution is -2.03. The van der Waals surface area contributed by atoms with Gasteiger partial charge in [-0.25, -0.2) is 4.98 Å². The van der Waals surface area contributed by atoms with Gasteiger partial charge in [-0.3, -0.25) is 0 Å². The Balaban J connectivity index is 1.61. The molecule has 26 heavy (non-hydrogen) atoms. The minimum Gasteiger partial charge on any atom is -0.494 e. The molecule has 6 nitrogen and oxygen atoms in total. The van der Waals surface area contributed by atoms with E-state index in [2.05, 4.69) is 28.9 Å². The summed E-state index contributed by atoms with van der Waals surface area (Å²) in [6.07, 6.45) is 5.21. The van der Waals surface area contributed by atoms with Crippen LogP contribution in [0, 0.1) is 11.8 Å². The summed E-state index contributed by atoms with van der Waals surface area (Å²) in [5.74, 6) is 8.34. The molecule has 6 heteroatoms. The van der Waals surface area contributed by atoms with Crippen LogP contribution in [0.2, 0.25) is 0 Å². The first-order valence-electron chi connectivity index (χ1n) is 8.60. The highest BCUT2D eigenvalue weighted by molar-refractivity contribution is 5.41. The van der Waals surface area contributed by atoms with E-state index in [1.807, 2.05) is 41.1 Å². The molecule has 0 spiro atoms. The number of hydrogen-bond donors (Lipinski definition) is 1. The Morgan fingerprint density at radius 2 is 2.08 bits per heavy atom. The molecule has 2 heterocycles. The summed E-state index contributed by atoms with van der Waals surface area (Å²) >= 11 is 0. The van der Waals surface area contributed by atoms with E-state index >= 15 is 0 Å². The van der Waals surface area contributed by atoms with Gasteiger partial charge in [0.1, 0.15) is 17.3 Å². The summed E-state index contributed by atoms with van der Waals surface area (Å²) < 4.78 is 12.8. The van der Waals surface area contributed by atoms with Crippen LogP contribution in [0.4, 0.5) is 0 Å². The van der Waals surface area contributed by atoms with Crippen molar-refractivity contribution in [3.05, 3.63) is 65.6 Å². The van der Waals surface area contributed by atoms with E-state index in [1.54, 1.807) is 6.20 Å². The fraction of sp³-hybridized carbons (Fsp3) is 0.300. The van der Waals surface area contributed by atoms with E-state index in [-0.39, 0.29) is 6.61 Å². The Bertz CT molecular complexity index is 885. The molecule has 0 unspecified atom stereocenters. The smallest absolute Gasteiger partial charge is 0.210 e. The van der Waals surface area contributed by atoms with E-state index in [1.165, 1.54) is 0 Å². The predicted octanol–water partition coefficient (Wildman–Crippen LogP) is 2.64. The van der Waals surface area contributed by atoms with Crippen LogP contribution in [0.1, 0.15) is 36.2 Å². The topological polar surface area (TPSA) is 73.3 Å². The molecule has 0 aliphatic heterocycles. The number of aryl methyl sites for hydroxylation is 1. The van der Waals surface area contributed by atoms with Crippen molar-refractivity contribution in [1.82, 2.24) is 14.7 Å². The second-order valence-corrected chi connectivity index (χ2v) is 5.71. The van der Waals surface area contributed by atoms with Crippen LogP contribution >= 0.6 is 0 Å². The normalized spacial score (nSPS) is 10.4. The molecule has 0 radical (unpaired) electrons. The number of imidazole rings is 1. The number of hydrogen-bond acceptors (Lipinski definition) is 5. The van der Waals surface area contributed by atoms with Gasteiger partial charge in [0.05, 0.1) is 13.2 Å². The molecule has 0 bridgehead atoms. The molecule has 1 aromatic carbocycles. The monoisotopic (exact) mass is 351 g/mol. The number of aliphatic hydroxyl groups excluding tert-OH is 1. The molecule has 2 aromatic heterocycles. The first kappa shape index (κ1) is 17.8. The molecule has 0 saturated heterocycles. The van der Waals surface area contributed by atoms with Gasteiger partial charge < -0.3 is 18.9 Å². The second-order valence-electron chi connectivity index (χ2n) is 5.71. The van der Waals surface area contributed by atoms with Crippen molar-refractivity contribution < 1.29 is 14.4 Å². The van der Waals surface area contributed by atoms with Gasteiger partial charge in [-0.2, -0.15) is 0 Å². The molecule has 0 fully saturated rings. The minimum absolute atomic E-state index is 0.128. The van der Waals surface area contributed by atoms with E-state index in [4.69, 9.17) is 14.4 Å². The summed E-state index contributed by atoms with van der Waals surface area (Å²) in [4.78, 5) is 4.30. The zero-order valence-electron chi connectivity index (χ0n) is 14.7. The third-order valence-corrected chi connectivity index (χ3v) is 3.76. The largest absolute Gasteiger partial charge is 0.494 e. The zero-order valence-corrected chi connectivity index (χ0v) is 14.7. The number of rotatable bonds is 7. The predicted molar refractivity (Wildman–Crippen MR) is 96.8 cm³/mol. The molecular formula is C20H21N3O3. The van der Waals surface area contributed by atoms with Crippen molar-refractivity contribution in [2.45, 2.75) is 26.3 Å². The van der Waals surface area contributed by atoms with Gasteiger partial charge in [-0.15, -0.1) is 0 Å². The minimum atomic E-state index is 0.128. The number of nitrogens with zero attached hydrogens (tertiary/aromatic N) is 3. The average molecular weight is 351 g/mol. The van der Waals surface area contributed by atoms with E-state index in [9.17, 15) is 0 Å². The Morgan fingerprint density at radius 3 is 2.85 bits per heavy atom. The van der Waals surface area contributed by atoms with Crippen LogP contribution in [0.3, 0.4) is 0 Å². The molecule has 1 N–H and O–H groups in total. The standard InChI is InChI=1S/C20H21N3O3/c1-2-20-21-10-11-23(20)15-17-14-19(26-22-17)9-6-16-4-7-18(8-5-16)25-13-3-12-24/h4-5,7-8,10-11,14,24H,2-3,12-13,15H2,1H3. The van der Waals surface area contributed by atoms with Crippen molar-refractivity contribution >= 4 is 0 Å². The van der Waals surface area contributed by atoms with Crippen molar-refractivity contribution in [2.75, 3.05) is 13.2 Å². The number of aromatic nitrogens is 3. The quantitative estimate of drug-likeness (QED) is 0.523. The van der Waals surface area contributed by atoms with Crippen LogP contribution in [-0.4, -0.2) is 33.0 Å². The lowest BCUT2D eigenvalue weighted by Gasteiger charge is -2.04. The second kappa shape index (κ2) is 8.88. The average Bonchev–Trinajstić information content (AvgIpc) is 3.31. The molecule has 0 amide bonds. The number of aliphatic hydroxyl groups is 1. The lowest BCUT2D eigenvalue weighted by molar-refractivity contribution is 0.233. The Kier molecular flexibility index (Phi) is 6.07. The molecule has 134 valence electrons. The maximum Gasteiger partial charge on any atom is 0.210 e. The number of ether oxygens (including phenoxy) is 1. The van der Waals surface area contributed by atoms with Crippen LogP contribution in [-0.2, 0) is 13.0 Å². The molecule has 0 aliphatic carbocycles. The van der Waals surface area contributed by atoms with E-state index in [0.717, 1.165) is 29.3 Å². The van der Waals surface area contributed by atoms with Crippen molar-refractivity contribution in [1.29, 1.82) is 0 Å². The van der Waals surface area contributed by atoms with Gasteiger partial charge >= 0.3 is 0 Å². The Morgan fingerprint density at radius 1 is 1.23 bits per heavy atom. The SMILES string of the molecule is CCc1nccn1Cc1cc(C#Cc2ccc(OCCCO)cc2)on1. The van der Waals surface area contributed by atoms with E-state index in [0.29, 0.717) is 25.3 Å². The van der Waals surface area contributed by atoms with Gasteiger partial charge in [-0.05, 0) is 30.2 Å². The van der Waals surface area contributed by atoms with Gasteiger partial charge in [-0.1, -0.05) is 18.0 Å². The molecule has 0 aliphatic rings. The third-order valence-electron chi connectivity index (χ3n) is 3.76. The summed E-state index contributed by atoms with van der Waals surface area (Å²) in [6.45, 7) is 3.32. The van der Waals surface area contributed by atoms with Crippen molar-refractivity contribution in [3.8, 4) is 17.6 Å². The van der Waals surface area contributed by atoms with Gasteiger partial charge in [0, 0.05) is 43.5 Å². The highest BCUT2D eigenvalue weighted by Gasteiger charge is 2.06. The summed E-state index contributed by atoms with van der Waals surface area (Å²) in [5.41, 5.74) is 1.68. The summed E-state index contributed by atoms with van der Waals surface area (Å²) in [6, 6.07) is 9.34. The highest BCUT2D eigenvalue weighted by Crippen LogP contribution is 2.12. The zero-order chi connectivity index (χ0) is 18.2. The van der Waals surface area contributed by atoms with Crippen LogP contribution < -0.4 is 4.74 Å². The molecular weight excluding hydrogens is 330 g/mol. The Labute approximate surface area is 152 Å². The molecule has 0 atom stereocenters. The Hall–Kier alpha value is -3.04. The van der Waals surface area contributed by atoms with E-state index < -0.39 is 0 Å². The first-order valence-corrected chi connectivity index (χ1v) is 8.60. The maximum atomic E-state index is 8.75. The van der Waals surface area contributed by atoms with Gasteiger partial charge in [0.25, 0.3) is 0 Å². The fourth-order valence-corrected chi connectivity index (χ4v) is 2.44. The van der Waals surface area contributed by atoms with Gasteiger partial charge in [0.2, 0.25) is 5.76 Å². The van der Waals surface area contributed by atoms with Crippen LogP contribution in [0.25, 0.3) is 0 Å². The maximum absolute atomic E-state index is 8.75. The highest BCUT2D eigenvalue weighted by atomic mass is 16.5. The van der Waals surface area contributed by atoms with Crippen molar-refractivity contribution in [3.63, 3.8) is 0 Å². The van der Waals surface area contributed by atoms with Gasteiger partial charge in [0.15, 0.2) is 0 Å². The van der Waals surface area contributed by atoms with Crippen LogP contribution in [0.15, 0.2) is 47.2 Å². The summed E-state index contributed by atoms with van der Waals surface area (Å²) in [5, 5.41) is 12.8. The number of benzene rings is 1. The molecule has 0 saturated carbocycles. The molecule has 3 aromatic rings. The summed E-state index contributed by atoms with van der Waals surface area (Å²) in [7, 11) is 0. The van der Waals surface area contributed by atoms with Crippen LogP contribution in [0.5, 0.6) is 5.75 Å². The van der Waals surface area contributed by atoms with Crippen molar-refractivity contribution in [2.24, 2.45) is 0 Å². The molecule has 3 rings (SSSR count). The first-order chi connectivity index (χ1) is 12.8. The fourth-order valence-electron chi connectivity index (χ4n) is 2.44. The lowest BCUT2D eigenvalue weighted by atomic mass is 10.2.